The van der Waals surface area contributed by atoms with Gasteiger partial charge in [-0.3, -0.25) is 14.4 Å². The molecule has 3 aromatic rings. The molecule has 0 saturated carbocycles. The van der Waals surface area contributed by atoms with Gasteiger partial charge in [0.05, 0.1) is 12.6 Å². The van der Waals surface area contributed by atoms with Crippen molar-refractivity contribution in [3.63, 3.8) is 0 Å². The van der Waals surface area contributed by atoms with Crippen molar-refractivity contribution < 1.29 is 60.5 Å². The first kappa shape index (κ1) is 39.1. The highest BCUT2D eigenvalue weighted by atomic mass is 19.3. The number of carbonyl (C=O) groups is 4. The van der Waals surface area contributed by atoms with Gasteiger partial charge in [0.25, 0.3) is 5.91 Å². The highest BCUT2D eigenvalue weighted by molar-refractivity contribution is 5.94. The molecule has 272 valence electrons. The van der Waals surface area contributed by atoms with Crippen LogP contribution >= 0.6 is 0 Å². The fraction of sp³-hybridized carbons (Fsp3) is 0.424. The van der Waals surface area contributed by atoms with E-state index in [0.717, 1.165) is 12.1 Å². The van der Waals surface area contributed by atoms with Crippen LogP contribution in [0.2, 0.25) is 0 Å². The number of unbranched alkanes of at least 4 members (excludes halogenated alkanes) is 1. The van der Waals surface area contributed by atoms with Crippen LogP contribution in [0, 0.1) is 11.6 Å². The Bertz CT molecular complexity index is 1680. The SMILES string of the molecule is CC(NC(=O)CCCCOc1cc(-c2nc(C(=O)NCc3ccc(F)cc3F)c([C@H](C)NC(=O)OC(C)(C)C)o2)ccc1OC(F)F)C(=O)O. The fourth-order valence-electron chi connectivity index (χ4n) is 4.28. The van der Waals surface area contributed by atoms with E-state index in [2.05, 4.69) is 25.7 Å². The highest BCUT2D eigenvalue weighted by Crippen LogP contribution is 2.35. The van der Waals surface area contributed by atoms with Crippen LogP contribution in [0.3, 0.4) is 0 Å². The summed E-state index contributed by atoms with van der Waals surface area (Å²) in [6.07, 6.45) is -0.270. The Balaban J connectivity index is 1.86. The quantitative estimate of drug-likeness (QED) is 0.104. The molecule has 13 nitrogen and oxygen atoms in total. The third-order valence-electron chi connectivity index (χ3n) is 6.66. The van der Waals surface area contributed by atoms with Gasteiger partial charge in [0.15, 0.2) is 23.0 Å². The average Bonchev–Trinajstić information content (AvgIpc) is 3.46. The monoisotopic (exact) mass is 710 g/mol. The number of ether oxygens (including phenoxy) is 3. The minimum absolute atomic E-state index is 0.00530. The lowest BCUT2D eigenvalue weighted by atomic mass is 10.1. The molecule has 4 N–H and O–H groups in total. The van der Waals surface area contributed by atoms with Gasteiger partial charge in [0.2, 0.25) is 11.8 Å². The maximum Gasteiger partial charge on any atom is 0.408 e. The number of aromatic nitrogens is 1. The summed E-state index contributed by atoms with van der Waals surface area (Å²) < 4.78 is 75.3. The molecule has 0 aliphatic heterocycles. The number of carboxylic acid groups (broad SMARTS) is 1. The number of nitrogens with one attached hydrogen (secondary N) is 3. The first-order valence-corrected chi connectivity index (χ1v) is 15.4. The zero-order valence-electron chi connectivity index (χ0n) is 27.9. The molecule has 50 heavy (non-hydrogen) atoms. The number of halogens is 4. The van der Waals surface area contributed by atoms with Crippen molar-refractivity contribution in [2.75, 3.05) is 6.61 Å². The standard InChI is InChI=1S/C33H38F4N4O9/c1-17(40-32(46)50-33(3,4)5)27-26(28(43)38-16-20-9-11-21(34)15-22(20)35)41-29(49-27)19-10-12-23(48-31(36)37)24(14-19)47-13-7-6-8-25(42)39-18(2)30(44)45/h9-12,14-15,17-18,31H,6-8,13,16H2,1-5H3,(H,38,43)(H,39,42)(H,40,46)(H,44,45)/t17-,18?/m0/s1. The maximum atomic E-state index is 14.2. The van der Waals surface area contributed by atoms with Crippen LogP contribution in [0.15, 0.2) is 40.8 Å². The first-order chi connectivity index (χ1) is 23.4. The van der Waals surface area contributed by atoms with E-state index in [4.69, 9.17) is 19.0 Å². The van der Waals surface area contributed by atoms with Gasteiger partial charge in [0.1, 0.15) is 23.3 Å². The van der Waals surface area contributed by atoms with Crippen LogP contribution in [0.4, 0.5) is 22.4 Å². The third-order valence-corrected chi connectivity index (χ3v) is 6.66. The molecule has 0 saturated heterocycles. The number of alkyl carbamates (subject to hydrolysis) is 1. The molecular formula is C33H38F4N4O9. The Labute approximate surface area is 284 Å². The predicted octanol–water partition coefficient (Wildman–Crippen LogP) is 5.88. The van der Waals surface area contributed by atoms with Gasteiger partial charge in [-0.15, -0.1) is 0 Å². The fourth-order valence-corrected chi connectivity index (χ4v) is 4.28. The van der Waals surface area contributed by atoms with Gasteiger partial charge in [-0.1, -0.05) is 6.07 Å². The number of hydrogen-bond acceptors (Lipinski definition) is 9. The van der Waals surface area contributed by atoms with Crippen LogP contribution in [-0.4, -0.2) is 58.8 Å². The molecule has 2 atom stereocenters. The minimum atomic E-state index is -3.20. The normalized spacial score (nSPS) is 12.5. The van der Waals surface area contributed by atoms with Gasteiger partial charge in [-0.05, 0) is 71.7 Å². The van der Waals surface area contributed by atoms with Crippen LogP contribution in [0.5, 0.6) is 11.5 Å². The Morgan fingerprint density at radius 3 is 2.34 bits per heavy atom. The molecule has 0 aliphatic carbocycles. The topological polar surface area (TPSA) is 178 Å². The van der Waals surface area contributed by atoms with Gasteiger partial charge >= 0.3 is 18.7 Å². The van der Waals surface area contributed by atoms with Gasteiger partial charge in [-0.2, -0.15) is 8.78 Å². The van der Waals surface area contributed by atoms with E-state index in [-0.39, 0.29) is 72.4 Å². The van der Waals surface area contributed by atoms with E-state index in [1.807, 2.05) is 0 Å². The molecule has 1 unspecified atom stereocenters. The summed E-state index contributed by atoms with van der Waals surface area (Å²) in [6, 6.07) is 4.54. The number of carbonyl (C=O) groups excluding carboxylic acids is 3. The second kappa shape index (κ2) is 17.3. The second-order valence-corrected chi connectivity index (χ2v) is 12.0. The number of oxazole rings is 1. The Morgan fingerprint density at radius 1 is 0.980 bits per heavy atom. The number of nitrogens with zero attached hydrogens (tertiary/aromatic N) is 1. The summed E-state index contributed by atoms with van der Waals surface area (Å²) in [5, 5.41) is 16.3. The van der Waals surface area contributed by atoms with E-state index in [9.17, 15) is 36.7 Å². The van der Waals surface area contributed by atoms with Crippen molar-refractivity contribution in [1.82, 2.24) is 20.9 Å². The van der Waals surface area contributed by atoms with Gasteiger partial charge in [-0.25, -0.2) is 18.6 Å². The molecule has 0 spiro atoms. The maximum absolute atomic E-state index is 14.2. The van der Waals surface area contributed by atoms with E-state index < -0.39 is 59.8 Å². The average molecular weight is 711 g/mol. The lowest BCUT2D eigenvalue weighted by molar-refractivity contribution is -0.141. The minimum Gasteiger partial charge on any atom is -0.490 e. The third kappa shape index (κ3) is 12.0. The van der Waals surface area contributed by atoms with E-state index in [0.29, 0.717) is 6.07 Å². The van der Waals surface area contributed by atoms with E-state index >= 15 is 0 Å². The van der Waals surface area contributed by atoms with E-state index in [1.165, 1.54) is 32.0 Å². The zero-order chi connectivity index (χ0) is 37.2. The molecule has 0 aliphatic rings. The number of aliphatic carboxylic acids is 1. The molecule has 2 aromatic carbocycles. The molecule has 1 heterocycles. The first-order valence-electron chi connectivity index (χ1n) is 15.4. The van der Waals surface area contributed by atoms with Crippen molar-refractivity contribution in [3.8, 4) is 23.0 Å². The molecule has 3 rings (SSSR count). The molecule has 0 bridgehead atoms. The van der Waals surface area contributed by atoms with Crippen LogP contribution in [-0.2, 0) is 20.9 Å². The lowest BCUT2D eigenvalue weighted by Crippen LogP contribution is -2.38. The Morgan fingerprint density at radius 2 is 1.70 bits per heavy atom. The van der Waals surface area contributed by atoms with Crippen LogP contribution in [0.25, 0.3) is 11.5 Å². The molecular weight excluding hydrogens is 672 g/mol. The number of benzene rings is 2. The summed E-state index contributed by atoms with van der Waals surface area (Å²) in [5.74, 6) is -5.00. The highest BCUT2D eigenvalue weighted by Gasteiger charge is 2.28. The summed E-state index contributed by atoms with van der Waals surface area (Å²) in [4.78, 5) is 52.9. The second-order valence-electron chi connectivity index (χ2n) is 12.0. The predicted molar refractivity (Wildman–Crippen MR) is 168 cm³/mol. The van der Waals surface area contributed by atoms with Gasteiger partial charge < -0.3 is 39.7 Å². The van der Waals surface area contributed by atoms with Crippen molar-refractivity contribution in [1.29, 1.82) is 0 Å². The largest absolute Gasteiger partial charge is 0.490 e. The Kier molecular flexibility index (Phi) is 13.6. The van der Waals surface area contributed by atoms with Crippen molar-refractivity contribution in [3.05, 3.63) is 65.1 Å². The van der Waals surface area contributed by atoms with E-state index in [1.54, 1.807) is 20.8 Å². The molecule has 0 radical (unpaired) electrons. The van der Waals surface area contributed by atoms with Crippen molar-refractivity contribution in [2.45, 2.75) is 84.7 Å². The number of rotatable bonds is 16. The summed E-state index contributed by atoms with van der Waals surface area (Å²) in [7, 11) is 0. The molecule has 1 aromatic heterocycles. The summed E-state index contributed by atoms with van der Waals surface area (Å²) >= 11 is 0. The molecule has 0 fully saturated rings. The number of amides is 3. The molecule has 3 amide bonds. The summed E-state index contributed by atoms with van der Waals surface area (Å²) in [5.41, 5.74) is -1.02. The van der Waals surface area contributed by atoms with Crippen LogP contribution < -0.4 is 25.4 Å². The van der Waals surface area contributed by atoms with Gasteiger partial charge in [0, 0.05) is 30.2 Å². The smallest absolute Gasteiger partial charge is 0.408 e. The number of alkyl halides is 2. The van der Waals surface area contributed by atoms with Crippen LogP contribution in [0.1, 0.15) is 81.7 Å². The summed E-state index contributed by atoms with van der Waals surface area (Å²) in [6.45, 7) is 4.16. The Hall–Kier alpha value is -5.35. The number of carboxylic acids is 1. The van der Waals surface area contributed by atoms with Crippen molar-refractivity contribution >= 4 is 23.9 Å². The number of hydrogen-bond donors (Lipinski definition) is 4. The lowest BCUT2D eigenvalue weighted by Gasteiger charge is -2.21. The van der Waals surface area contributed by atoms with Crippen molar-refractivity contribution in [2.24, 2.45) is 0 Å². The zero-order valence-corrected chi connectivity index (χ0v) is 27.9. The molecule has 17 heteroatoms.